The maximum absolute atomic E-state index is 14.3. The molecular weight excluding hydrogens is 489 g/mol. The largest absolute Gasteiger partial charge is 0.350 e. The van der Waals surface area contributed by atoms with Gasteiger partial charge in [0.15, 0.2) is 0 Å². The number of aromatic nitrogens is 3. The van der Waals surface area contributed by atoms with Gasteiger partial charge in [0, 0.05) is 29.9 Å². The Morgan fingerprint density at radius 2 is 1.84 bits per heavy atom. The first-order valence-electron chi connectivity index (χ1n) is 12.3. The fraction of sp³-hybridized carbons (Fsp3) is 0.429. The molecule has 0 saturated heterocycles. The summed E-state index contributed by atoms with van der Waals surface area (Å²) in [6.07, 6.45) is 3.34. The van der Waals surface area contributed by atoms with Gasteiger partial charge in [-0.25, -0.2) is 9.07 Å². The van der Waals surface area contributed by atoms with Crippen molar-refractivity contribution >= 4 is 29.4 Å². The molecule has 3 aromatic rings. The molecule has 1 aliphatic rings. The minimum atomic E-state index is -0.471. The number of amides is 2. The average Bonchev–Trinajstić information content (AvgIpc) is 3.18. The van der Waals surface area contributed by atoms with Gasteiger partial charge in [-0.15, -0.1) is 11.8 Å². The van der Waals surface area contributed by atoms with Crippen molar-refractivity contribution in [2.24, 2.45) is 0 Å². The molecule has 7 nitrogen and oxygen atoms in total. The van der Waals surface area contributed by atoms with Crippen molar-refractivity contribution in [1.82, 2.24) is 20.1 Å². The van der Waals surface area contributed by atoms with E-state index in [4.69, 9.17) is 5.10 Å². The molecule has 0 spiro atoms. The highest BCUT2D eigenvalue weighted by atomic mass is 32.2. The van der Waals surface area contributed by atoms with Crippen LogP contribution in [0.1, 0.15) is 69.2 Å². The molecule has 4 rings (SSSR count). The molecule has 37 heavy (non-hydrogen) atoms. The first kappa shape index (κ1) is 26.9. The molecule has 196 valence electrons. The Kier molecular flexibility index (Phi) is 7.46. The van der Waals surface area contributed by atoms with Crippen molar-refractivity contribution in [3.8, 4) is 0 Å². The Hall–Kier alpha value is -3.20. The fourth-order valence-electron chi connectivity index (χ4n) is 4.37. The first-order valence-corrected chi connectivity index (χ1v) is 13.4. The number of nitrogens with zero attached hydrogens (tertiary/aromatic N) is 4. The summed E-state index contributed by atoms with van der Waals surface area (Å²) in [4.78, 5) is 32.2. The van der Waals surface area contributed by atoms with Gasteiger partial charge in [-0.05, 0) is 56.2 Å². The number of halogens is 1. The second-order valence-corrected chi connectivity index (χ2v) is 12.4. The van der Waals surface area contributed by atoms with E-state index in [1.54, 1.807) is 23.4 Å². The standard InChI is InChI=1S/C28H34FN5O2S/c1-27(2,3)25-23-24(19-8-7-9-20(29)14-19)37-17-22(36)33(26(23)34(32-25)28(4,5)6)16-21(35)31-15-18-10-12-30-13-11-18/h7-14,24H,15-17H2,1-6H3,(H,31,35)/t24-/m1/s1. The number of pyridine rings is 1. The van der Waals surface area contributed by atoms with Crippen molar-refractivity contribution in [2.45, 2.75) is 64.3 Å². The van der Waals surface area contributed by atoms with E-state index in [-0.39, 0.29) is 40.6 Å². The van der Waals surface area contributed by atoms with Gasteiger partial charge in [-0.3, -0.25) is 19.5 Å². The lowest BCUT2D eigenvalue weighted by atomic mass is 9.87. The van der Waals surface area contributed by atoms with E-state index in [1.165, 1.54) is 23.9 Å². The van der Waals surface area contributed by atoms with Crippen LogP contribution in [-0.4, -0.2) is 38.9 Å². The van der Waals surface area contributed by atoms with Gasteiger partial charge >= 0.3 is 0 Å². The molecule has 2 aromatic heterocycles. The van der Waals surface area contributed by atoms with Crippen molar-refractivity contribution in [2.75, 3.05) is 17.2 Å². The molecule has 9 heteroatoms. The summed E-state index contributed by atoms with van der Waals surface area (Å²) in [6, 6.07) is 10.2. The van der Waals surface area contributed by atoms with E-state index < -0.39 is 5.54 Å². The molecule has 2 amide bonds. The SMILES string of the molecule is CC(C)(C)c1nn(C(C)(C)C)c2c1[C@@H](c1cccc(F)c1)SCC(=O)N2CC(=O)NCc1ccncc1. The summed E-state index contributed by atoms with van der Waals surface area (Å²) in [5.74, 6) is -0.0375. The number of benzene rings is 1. The lowest BCUT2D eigenvalue weighted by molar-refractivity contribution is -0.123. The molecule has 0 fully saturated rings. The Morgan fingerprint density at radius 1 is 1.14 bits per heavy atom. The van der Waals surface area contributed by atoms with Crippen LogP contribution in [0.4, 0.5) is 10.2 Å². The number of hydrogen-bond acceptors (Lipinski definition) is 5. The number of carbonyl (C=O) groups is 2. The highest BCUT2D eigenvalue weighted by Crippen LogP contribution is 2.48. The smallest absolute Gasteiger partial charge is 0.240 e. The van der Waals surface area contributed by atoms with Gasteiger partial charge in [0.25, 0.3) is 0 Å². The molecule has 1 N–H and O–H groups in total. The summed E-state index contributed by atoms with van der Waals surface area (Å²) in [6.45, 7) is 12.5. The van der Waals surface area contributed by atoms with Gasteiger partial charge < -0.3 is 5.32 Å². The van der Waals surface area contributed by atoms with Crippen LogP contribution in [0.2, 0.25) is 0 Å². The zero-order valence-corrected chi connectivity index (χ0v) is 23.0. The van der Waals surface area contributed by atoms with Gasteiger partial charge in [0.05, 0.1) is 22.2 Å². The van der Waals surface area contributed by atoms with E-state index in [0.29, 0.717) is 12.4 Å². The van der Waals surface area contributed by atoms with Crippen LogP contribution in [-0.2, 0) is 27.1 Å². The first-order chi connectivity index (χ1) is 17.4. The van der Waals surface area contributed by atoms with Crippen LogP contribution >= 0.6 is 11.8 Å². The number of nitrogens with one attached hydrogen (secondary N) is 1. The summed E-state index contributed by atoms with van der Waals surface area (Å²) >= 11 is 1.44. The number of carbonyl (C=O) groups excluding carboxylic acids is 2. The van der Waals surface area contributed by atoms with E-state index in [1.807, 2.05) is 43.7 Å². The normalized spacial score (nSPS) is 16.4. The second kappa shape index (κ2) is 10.3. The summed E-state index contributed by atoms with van der Waals surface area (Å²) in [5, 5.41) is 7.64. The van der Waals surface area contributed by atoms with Crippen LogP contribution in [0, 0.1) is 5.82 Å². The van der Waals surface area contributed by atoms with Crippen molar-refractivity contribution in [1.29, 1.82) is 0 Å². The monoisotopic (exact) mass is 523 g/mol. The zero-order chi connectivity index (χ0) is 27.0. The van der Waals surface area contributed by atoms with Gasteiger partial charge in [0.2, 0.25) is 11.8 Å². The summed E-state index contributed by atoms with van der Waals surface area (Å²) in [5.41, 5.74) is 2.54. The molecule has 0 bridgehead atoms. The Bertz CT molecular complexity index is 1290. The van der Waals surface area contributed by atoms with Gasteiger partial charge in [0.1, 0.15) is 18.2 Å². The minimum absolute atomic E-state index is 0.140. The molecule has 1 aliphatic heterocycles. The lowest BCUT2D eigenvalue weighted by Gasteiger charge is -2.29. The predicted octanol–water partition coefficient (Wildman–Crippen LogP) is 4.96. The van der Waals surface area contributed by atoms with Gasteiger partial charge in [-0.1, -0.05) is 32.9 Å². The average molecular weight is 524 g/mol. The van der Waals surface area contributed by atoms with Crippen LogP contribution in [0.5, 0.6) is 0 Å². The van der Waals surface area contributed by atoms with Crippen LogP contribution in [0.25, 0.3) is 0 Å². The fourth-order valence-corrected chi connectivity index (χ4v) is 5.56. The molecule has 1 aromatic carbocycles. The summed E-state index contributed by atoms with van der Waals surface area (Å²) < 4.78 is 16.2. The Labute approximate surface area is 221 Å². The maximum atomic E-state index is 14.3. The number of rotatable bonds is 5. The van der Waals surface area contributed by atoms with E-state index in [2.05, 4.69) is 31.1 Å². The zero-order valence-electron chi connectivity index (χ0n) is 22.2. The van der Waals surface area contributed by atoms with Crippen LogP contribution in [0.3, 0.4) is 0 Å². The Balaban J connectivity index is 1.83. The highest BCUT2D eigenvalue weighted by molar-refractivity contribution is 8.00. The maximum Gasteiger partial charge on any atom is 0.240 e. The third-order valence-electron chi connectivity index (χ3n) is 6.13. The molecule has 0 radical (unpaired) electrons. The van der Waals surface area contributed by atoms with Crippen molar-refractivity contribution in [3.05, 3.63) is 77.0 Å². The molecule has 1 atom stereocenters. The second-order valence-electron chi connectivity index (χ2n) is 11.3. The Morgan fingerprint density at radius 3 is 2.46 bits per heavy atom. The third-order valence-corrected chi connectivity index (χ3v) is 7.38. The molecule has 0 aliphatic carbocycles. The number of hydrogen-bond donors (Lipinski definition) is 1. The minimum Gasteiger partial charge on any atom is -0.350 e. The third kappa shape index (κ3) is 5.87. The van der Waals surface area contributed by atoms with Crippen LogP contribution in [0.15, 0.2) is 48.8 Å². The molecular formula is C28H34FN5O2S. The topological polar surface area (TPSA) is 80.1 Å². The van der Waals surface area contributed by atoms with E-state index in [9.17, 15) is 14.0 Å². The molecule has 0 saturated carbocycles. The van der Waals surface area contributed by atoms with Gasteiger partial charge in [-0.2, -0.15) is 5.10 Å². The number of anilines is 1. The predicted molar refractivity (Wildman–Crippen MR) is 145 cm³/mol. The van der Waals surface area contributed by atoms with Crippen LogP contribution < -0.4 is 10.2 Å². The molecule has 3 heterocycles. The number of thioether (sulfide) groups is 1. The van der Waals surface area contributed by atoms with Crippen molar-refractivity contribution < 1.29 is 14.0 Å². The van der Waals surface area contributed by atoms with Crippen molar-refractivity contribution in [3.63, 3.8) is 0 Å². The van der Waals surface area contributed by atoms with E-state index >= 15 is 0 Å². The molecule has 0 unspecified atom stereocenters. The highest BCUT2D eigenvalue weighted by Gasteiger charge is 2.41. The quantitative estimate of drug-likeness (QED) is 0.512. The summed E-state index contributed by atoms with van der Waals surface area (Å²) in [7, 11) is 0. The number of fused-ring (bicyclic) bond motifs is 1. The lowest BCUT2D eigenvalue weighted by Crippen LogP contribution is -2.43. The van der Waals surface area contributed by atoms with E-state index in [0.717, 1.165) is 22.4 Å².